The van der Waals surface area contributed by atoms with E-state index >= 15 is 0 Å². The van der Waals surface area contributed by atoms with Gasteiger partial charge in [-0.25, -0.2) is 4.98 Å². The Balaban J connectivity index is 1.67. The highest BCUT2D eigenvalue weighted by Crippen LogP contribution is 2.26. The van der Waals surface area contributed by atoms with Gasteiger partial charge in [-0.15, -0.1) is 11.3 Å². The topological polar surface area (TPSA) is 49.6 Å². The van der Waals surface area contributed by atoms with Crippen LogP contribution in [0, 0.1) is 0 Å². The van der Waals surface area contributed by atoms with Crippen LogP contribution < -0.4 is 10.2 Å². The fourth-order valence-electron chi connectivity index (χ4n) is 2.50. The largest absolute Gasteiger partial charge is 0.350 e. The predicted molar refractivity (Wildman–Crippen MR) is 91.2 cm³/mol. The summed E-state index contributed by atoms with van der Waals surface area (Å²) in [6.07, 6.45) is 3.98. The molecule has 0 saturated carbocycles. The van der Waals surface area contributed by atoms with Gasteiger partial charge in [-0.2, -0.15) is 0 Å². The van der Waals surface area contributed by atoms with Crippen molar-refractivity contribution in [2.24, 2.45) is 0 Å². The Kier molecular flexibility index (Phi) is 2.98. The van der Waals surface area contributed by atoms with Crippen LogP contribution in [0.4, 0.5) is 5.69 Å². The average molecular weight is 328 g/mol. The minimum absolute atomic E-state index is 0.0275. The molecular formula is C15H12N4OS2. The number of benzene rings is 1. The Hall–Kier alpha value is -2.25. The third-order valence-corrected chi connectivity index (χ3v) is 4.72. The van der Waals surface area contributed by atoms with E-state index in [1.807, 2.05) is 46.4 Å². The smallest absolute Gasteiger partial charge is 0.255 e. The Morgan fingerprint density at radius 1 is 1.32 bits per heavy atom. The number of hydrogen-bond donors (Lipinski definition) is 1. The van der Waals surface area contributed by atoms with E-state index in [0.717, 1.165) is 21.9 Å². The molecule has 2 aromatic heterocycles. The minimum atomic E-state index is -0.271. The quantitative estimate of drug-likeness (QED) is 0.735. The molecule has 22 heavy (non-hydrogen) atoms. The van der Waals surface area contributed by atoms with Crippen LogP contribution in [0.15, 0.2) is 42.0 Å². The molecule has 0 spiro atoms. The number of rotatable bonds is 2. The van der Waals surface area contributed by atoms with Gasteiger partial charge >= 0.3 is 0 Å². The highest BCUT2D eigenvalue weighted by molar-refractivity contribution is 7.80. The molecule has 1 aromatic carbocycles. The third kappa shape index (κ3) is 2.01. The summed E-state index contributed by atoms with van der Waals surface area (Å²) in [5.74, 6) is -0.0275. The molecule has 1 fully saturated rings. The second kappa shape index (κ2) is 4.89. The summed E-state index contributed by atoms with van der Waals surface area (Å²) >= 11 is 6.82. The second-order valence-electron chi connectivity index (χ2n) is 5.11. The van der Waals surface area contributed by atoms with Crippen LogP contribution >= 0.6 is 23.6 Å². The Morgan fingerprint density at radius 3 is 2.73 bits per heavy atom. The number of carbonyl (C=O) groups is 1. The first-order chi connectivity index (χ1) is 10.6. The highest BCUT2D eigenvalue weighted by Gasteiger charge is 2.33. The van der Waals surface area contributed by atoms with Gasteiger partial charge in [0, 0.05) is 23.3 Å². The molecule has 1 aliphatic heterocycles. The molecule has 4 rings (SSSR count). The molecule has 110 valence electrons. The molecule has 3 heterocycles. The molecule has 1 aliphatic rings. The number of thiocarbonyl (C=S) groups is 1. The van der Waals surface area contributed by atoms with Gasteiger partial charge in [0.05, 0.1) is 11.4 Å². The molecule has 0 aliphatic carbocycles. The molecule has 3 aromatic rings. The summed E-state index contributed by atoms with van der Waals surface area (Å²) in [5, 5.41) is 5.42. The van der Waals surface area contributed by atoms with Gasteiger partial charge in [-0.05, 0) is 31.3 Å². The van der Waals surface area contributed by atoms with Crippen molar-refractivity contribution >= 4 is 45.2 Å². The van der Waals surface area contributed by atoms with E-state index in [9.17, 15) is 4.79 Å². The van der Waals surface area contributed by atoms with Crippen LogP contribution in [-0.4, -0.2) is 26.4 Å². The van der Waals surface area contributed by atoms with Crippen LogP contribution in [0.5, 0.6) is 0 Å². The normalized spacial score (nSPS) is 18.2. The number of nitrogens with one attached hydrogen (secondary N) is 1. The lowest BCUT2D eigenvalue weighted by Crippen LogP contribution is -2.30. The zero-order chi connectivity index (χ0) is 15.3. The van der Waals surface area contributed by atoms with Crippen molar-refractivity contribution in [2.45, 2.75) is 13.0 Å². The van der Waals surface area contributed by atoms with E-state index in [4.69, 9.17) is 12.2 Å². The lowest BCUT2D eigenvalue weighted by molar-refractivity contribution is -0.117. The standard InChI is InChI=1S/C15H12N4OS2/c1-9-13(20)19(14(21)16-9)11-4-2-10(3-5-11)12-8-18-6-7-22-15(18)17-12/h2-9H,1H3,(H,16,21). The zero-order valence-corrected chi connectivity index (χ0v) is 13.3. The number of thiazole rings is 1. The monoisotopic (exact) mass is 328 g/mol. The van der Waals surface area contributed by atoms with Crippen molar-refractivity contribution in [1.29, 1.82) is 0 Å². The van der Waals surface area contributed by atoms with Gasteiger partial charge < -0.3 is 5.32 Å². The first kappa shape index (κ1) is 13.4. The summed E-state index contributed by atoms with van der Waals surface area (Å²) < 4.78 is 2.00. The van der Waals surface area contributed by atoms with Gasteiger partial charge in [-0.1, -0.05) is 12.1 Å². The van der Waals surface area contributed by atoms with Gasteiger partial charge in [-0.3, -0.25) is 14.1 Å². The minimum Gasteiger partial charge on any atom is -0.350 e. The molecule has 1 amide bonds. The number of amides is 1. The van der Waals surface area contributed by atoms with Gasteiger partial charge in [0.2, 0.25) is 0 Å². The van der Waals surface area contributed by atoms with E-state index in [1.165, 1.54) is 4.90 Å². The molecule has 5 nitrogen and oxygen atoms in total. The second-order valence-corrected chi connectivity index (χ2v) is 6.37. The molecule has 1 unspecified atom stereocenters. The number of fused-ring (bicyclic) bond motifs is 1. The molecule has 7 heteroatoms. The molecule has 1 saturated heterocycles. The fraction of sp³-hybridized carbons (Fsp3) is 0.133. The van der Waals surface area contributed by atoms with E-state index in [0.29, 0.717) is 5.11 Å². The van der Waals surface area contributed by atoms with Crippen LogP contribution in [-0.2, 0) is 4.79 Å². The van der Waals surface area contributed by atoms with E-state index in [-0.39, 0.29) is 11.9 Å². The lowest BCUT2D eigenvalue weighted by Gasteiger charge is -2.14. The van der Waals surface area contributed by atoms with Crippen molar-refractivity contribution < 1.29 is 4.79 Å². The number of hydrogen-bond acceptors (Lipinski definition) is 4. The van der Waals surface area contributed by atoms with E-state index in [2.05, 4.69) is 10.3 Å². The summed E-state index contributed by atoms with van der Waals surface area (Å²) in [5.41, 5.74) is 2.70. The number of aromatic nitrogens is 2. The van der Waals surface area contributed by atoms with Crippen LogP contribution in [0.1, 0.15) is 6.92 Å². The maximum absolute atomic E-state index is 12.1. The maximum Gasteiger partial charge on any atom is 0.255 e. The molecule has 0 bridgehead atoms. The van der Waals surface area contributed by atoms with Crippen LogP contribution in [0.2, 0.25) is 0 Å². The van der Waals surface area contributed by atoms with Gasteiger partial charge in [0.25, 0.3) is 5.91 Å². The number of carbonyl (C=O) groups excluding carboxylic acids is 1. The molecule has 1 N–H and O–H groups in total. The van der Waals surface area contributed by atoms with Crippen molar-refractivity contribution in [3.63, 3.8) is 0 Å². The van der Waals surface area contributed by atoms with E-state index < -0.39 is 0 Å². The Morgan fingerprint density at radius 2 is 2.09 bits per heavy atom. The summed E-state index contributed by atoms with van der Waals surface area (Å²) in [6.45, 7) is 1.81. The summed E-state index contributed by atoms with van der Waals surface area (Å²) in [4.78, 5) is 19.2. The van der Waals surface area contributed by atoms with Crippen LogP contribution in [0.25, 0.3) is 16.2 Å². The highest BCUT2D eigenvalue weighted by atomic mass is 32.1. The maximum atomic E-state index is 12.1. The molecular weight excluding hydrogens is 316 g/mol. The number of anilines is 1. The SMILES string of the molecule is CC1NC(=S)N(c2ccc(-c3cn4ccsc4n3)cc2)C1=O. The zero-order valence-electron chi connectivity index (χ0n) is 11.7. The summed E-state index contributed by atoms with van der Waals surface area (Å²) in [7, 11) is 0. The number of nitrogens with zero attached hydrogens (tertiary/aromatic N) is 3. The average Bonchev–Trinajstić information content (AvgIpc) is 3.14. The van der Waals surface area contributed by atoms with Gasteiger partial charge in [0.15, 0.2) is 10.1 Å². The van der Waals surface area contributed by atoms with Gasteiger partial charge in [0.1, 0.15) is 6.04 Å². The van der Waals surface area contributed by atoms with Crippen molar-refractivity contribution in [2.75, 3.05) is 4.90 Å². The lowest BCUT2D eigenvalue weighted by atomic mass is 10.1. The first-order valence-electron chi connectivity index (χ1n) is 6.80. The molecule has 0 radical (unpaired) electrons. The van der Waals surface area contributed by atoms with Crippen molar-refractivity contribution in [3.05, 3.63) is 42.0 Å². The number of imidazole rings is 1. The van der Waals surface area contributed by atoms with E-state index in [1.54, 1.807) is 18.3 Å². The van der Waals surface area contributed by atoms with Crippen LogP contribution in [0.3, 0.4) is 0 Å². The third-order valence-electron chi connectivity index (χ3n) is 3.65. The molecule has 1 atom stereocenters. The Labute approximate surface area is 136 Å². The fourth-order valence-corrected chi connectivity index (χ4v) is 3.57. The Bertz CT molecular complexity index is 852. The first-order valence-corrected chi connectivity index (χ1v) is 8.09. The predicted octanol–water partition coefficient (Wildman–Crippen LogP) is 2.67. The van der Waals surface area contributed by atoms with Crippen molar-refractivity contribution in [3.8, 4) is 11.3 Å². The summed E-state index contributed by atoms with van der Waals surface area (Å²) in [6, 6.07) is 7.44. The van der Waals surface area contributed by atoms with Crippen molar-refractivity contribution in [1.82, 2.24) is 14.7 Å².